The first kappa shape index (κ1) is 23.2. The predicted octanol–water partition coefficient (Wildman–Crippen LogP) is 3.53. The molecule has 30 heavy (non-hydrogen) atoms. The van der Waals surface area contributed by atoms with E-state index in [4.69, 9.17) is 21.1 Å². The summed E-state index contributed by atoms with van der Waals surface area (Å²) in [4.78, 5) is 35.6. The summed E-state index contributed by atoms with van der Waals surface area (Å²) in [6, 6.07) is 6.25. The highest BCUT2D eigenvalue weighted by Crippen LogP contribution is 2.20. The summed E-state index contributed by atoms with van der Waals surface area (Å²) in [6.45, 7) is 3.70. The fourth-order valence-electron chi connectivity index (χ4n) is 2.45. The minimum absolute atomic E-state index is 0.375. The van der Waals surface area contributed by atoms with E-state index in [0.717, 1.165) is 12.8 Å². The highest BCUT2D eigenvalue weighted by molar-refractivity contribution is 6.31. The number of amides is 1. The molecule has 1 heterocycles. The van der Waals surface area contributed by atoms with Crippen LogP contribution in [0.3, 0.4) is 0 Å². The van der Waals surface area contributed by atoms with Crippen LogP contribution in [0.15, 0.2) is 30.3 Å². The lowest BCUT2D eigenvalue weighted by atomic mass is 10.2. The molecule has 2 aromatic rings. The van der Waals surface area contributed by atoms with Gasteiger partial charge in [-0.25, -0.2) is 9.59 Å². The molecule has 1 amide bonds. The molecule has 8 nitrogen and oxygen atoms in total. The molecule has 0 saturated heterocycles. The Kier molecular flexibility index (Phi) is 8.61. The zero-order valence-corrected chi connectivity index (χ0v) is 17.9. The number of benzene rings is 1. The molecule has 9 heteroatoms. The molecule has 0 fully saturated rings. The Labute approximate surface area is 179 Å². The number of ether oxygens (including phenoxy) is 2. The van der Waals surface area contributed by atoms with E-state index in [1.165, 1.54) is 16.8 Å². The number of hydrogen-bond donors (Lipinski definition) is 1. The van der Waals surface area contributed by atoms with Crippen LogP contribution >= 0.6 is 11.6 Å². The van der Waals surface area contributed by atoms with E-state index in [1.807, 2.05) is 6.92 Å². The fourth-order valence-corrected chi connectivity index (χ4v) is 2.69. The van der Waals surface area contributed by atoms with Gasteiger partial charge in [-0.1, -0.05) is 24.9 Å². The summed E-state index contributed by atoms with van der Waals surface area (Å²) in [5.74, 6) is -1.61. The van der Waals surface area contributed by atoms with Crippen molar-refractivity contribution < 1.29 is 23.9 Å². The number of aryl methyl sites for hydroxylation is 2. The lowest BCUT2D eigenvalue weighted by molar-refractivity contribution is -0.142. The van der Waals surface area contributed by atoms with Crippen LogP contribution in [0.2, 0.25) is 5.15 Å². The Morgan fingerprint density at radius 3 is 2.50 bits per heavy atom. The molecule has 0 spiro atoms. The van der Waals surface area contributed by atoms with Crippen molar-refractivity contribution in [1.82, 2.24) is 9.78 Å². The average molecular weight is 434 g/mol. The largest absolute Gasteiger partial charge is 0.462 e. The van der Waals surface area contributed by atoms with E-state index in [1.54, 1.807) is 38.2 Å². The molecular formula is C21H24ClN3O5. The van der Waals surface area contributed by atoms with Crippen LogP contribution < -0.4 is 5.32 Å². The quantitative estimate of drug-likeness (QED) is 0.369. The summed E-state index contributed by atoms with van der Waals surface area (Å²) in [5.41, 5.74) is 2.13. The van der Waals surface area contributed by atoms with Crippen LogP contribution in [-0.4, -0.2) is 40.8 Å². The first-order valence-corrected chi connectivity index (χ1v) is 9.80. The van der Waals surface area contributed by atoms with Gasteiger partial charge in [0.1, 0.15) is 5.15 Å². The van der Waals surface area contributed by atoms with Crippen molar-refractivity contribution in [2.45, 2.75) is 26.7 Å². The minimum Gasteiger partial charge on any atom is -0.462 e. The Hall–Kier alpha value is -3.13. The third-order valence-electron chi connectivity index (χ3n) is 4.06. The van der Waals surface area contributed by atoms with Gasteiger partial charge < -0.3 is 14.8 Å². The topological polar surface area (TPSA) is 99.5 Å². The van der Waals surface area contributed by atoms with Crippen LogP contribution in [0.1, 0.15) is 41.4 Å². The number of nitrogens with zero attached hydrogens (tertiary/aromatic N) is 2. The van der Waals surface area contributed by atoms with E-state index in [9.17, 15) is 14.4 Å². The summed E-state index contributed by atoms with van der Waals surface area (Å²) in [7, 11) is 1.69. The van der Waals surface area contributed by atoms with Crippen molar-refractivity contribution in [3.05, 3.63) is 52.3 Å². The van der Waals surface area contributed by atoms with Gasteiger partial charge in [0.15, 0.2) is 6.61 Å². The third-order valence-corrected chi connectivity index (χ3v) is 4.51. The molecule has 160 valence electrons. The molecule has 2 rings (SSSR count). The van der Waals surface area contributed by atoms with Crippen LogP contribution in [0.25, 0.3) is 6.08 Å². The van der Waals surface area contributed by atoms with Gasteiger partial charge in [0.25, 0.3) is 5.91 Å². The van der Waals surface area contributed by atoms with Gasteiger partial charge in [0.05, 0.1) is 17.9 Å². The van der Waals surface area contributed by atoms with Crippen molar-refractivity contribution >= 4 is 41.2 Å². The number of anilines is 1. The maximum Gasteiger partial charge on any atom is 0.338 e. The SMILES string of the molecule is CCCCOC(=O)c1ccc(NC(=O)COC(=O)/C=C/c2c(C)nn(C)c2Cl)cc1. The van der Waals surface area contributed by atoms with Crippen molar-refractivity contribution in [3.8, 4) is 0 Å². The normalized spacial score (nSPS) is 10.8. The van der Waals surface area contributed by atoms with Gasteiger partial charge in [-0.3, -0.25) is 9.48 Å². The van der Waals surface area contributed by atoms with Crippen LogP contribution in [-0.2, 0) is 26.1 Å². The Morgan fingerprint density at radius 1 is 1.20 bits per heavy atom. The maximum absolute atomic E-state index is 12.0. The monoisotopic (exact) mass is 433 g/mol. The molecule has 0 saturated carbocycles. The molecule has 0 aliphatic rings. The minimum atomic E-state index is -0.686. The van der Waals surface area contributed by atoms with Crippen molar-refractivity contribution in [2.75, 3.05) is 18.5 Å². The van der Waals surface area contributed by atoms with Crippen molar-refractivity contribution in [2.24, 2.45) is 7.05 Å². The molecular weight excluding hydrogens is 410 g/mol. The molecule has 1 aromatic carbocycles. The van der Waals surface area contributed by atoms with Gasteiger partial charge in [-0.15, -0.1) is 0 Å². The molecule has 1 aromatic heterocycles. The number of halogens is 1. The van der Waals surface area contributed by atoms with Crippen LogP contribution in [0, 0.1) is 6.92 Å². The van der Waals surface area contributed by atoms with Gasteiger partial charge in [-0.05, 0) is 43.7 Å². The number of carbonyl (C=O) groups excluding carboxylic acids is 3. The first-order chi connectivity index (χ1) is 14.3. The summed E-state index contributed by atoms with van der Waals surface area (Å²) in [6.07, 6.45) is 4.42. The number of unbranched alkanes of at least 4 members (excludes halogenated alkanes) is 1. The highest BCUT2D eigenvalue weighted by atomic mass is 35.5. The van der Waals surface area contributed by atoms with Crippen molar-refractivity contribution in [1.29, 1.82) is 0 Å². The van der Waals surface area contributed by atoms with Crippen LogP contribution in [0.5, 0.6) is 0 Å². The number of nitrogens with one attached hydrogen (secondary N) is 1. The second-order valence-electron chi connectivity index (χ2n) is 6.47. The third kappa shape index (κ3) is 6.73. The van der Waals surface area contributed by atoms with E-state index in [-0.39, 0.29) is 0 Å². The zero-order valence-electron chi connectivity index (χ0n) is 17.1. The van der Waals surface area contributed by atoms with Gasteiger partial charge in [-0.2, -0.15) is 5.10 Å². The summed E-state index contributed by atoms with van der Waals surface area (Å²) < 4.78 is 11.5. The Morgan fingerprint density at radius 2 is 1.90 bits per heavy atom. The van der Waals surface area contributed by atoms with Gasteiger partial charge in [0, 0.05) is 24.4 Å². The lowest BCUT2D eigenvalue weighted by Crippen LogP contribution is -2.20. The molecule has 0 aliphatic heterocycles. The zero-order chi connectivity index (χ0) is 22.1. The van der Waals surface area contributed by atoms with E-state index in [2.05, 4.69) is 10.4 Å². The smallest absolute Gasteiger partial charge is 0.338 e. The van der Waals surface area contributed by atoms with Gasteiger partial charge in [0.2, 0.25) is 0 Å². The number of aromatic nitrogens is 2. The predicted molar refractivity (Wildman–Crippen MR) is 113 cm³/mol. The van der Waals surface area contributed by atoms with E-state index >= 15 is 0 Å². The first-order valence-electron chi connectivity index (χ1n) is 9.42. The number of carbonyl (C=O) groups is 3. The Bertz CT molecular complexity index is 935. The number of hydrogen-bond acceptors (Lipinski definition) is 6. The molecule has 0 atom stereocenters. The van der Waals surface area contributed by atoms with Crippen LogP contribution in [0.4, 0.5) is 5.69 Å². The molecule has 0 aliphatic carbocycles. The molecule has 0 bridgehead atoms. The van der Waals surface area contributed by atoms with Crippen molar-refractivity contribution in [3.63, 3.8) is 0 Å². The molecule has 0 radical (unpaired) electrons. The second-order valence-corrected chi connectivity index (χ2v) is 6.83. The lowest BCUT2D eigenvalue weighted by Gasteiger charge is -2.07. The molecule has 1 N–H and O–H groups in total. The molecule has 0 unspecified atom stereocenters. The fraction of sp³-hybridized carbons (Fsp3) is 0.333. The summed E-state index contributed by atoms with van der Waals surface area (Å²) in [5, 5.41) is 7.11. The second kappa shape index (κ2) is 11.2. The maximum atomic E-state index is 12.0. The van der Waals surface area contributed by atoms with E-state index < -0.39 is 24.5 Å². The number of esters is 2. The highest BCUT2D eigenvalue weighted by Gasteiger charge is 2.11. The summed E-state index contributed by atoms with van der Waals surface area (Å²) >= 11 is 6.08. The standard InChI is InChI=1S/C21H24ClN3O5/c1-4-5-12-29-21(28)15-6-8-16(9-7-15)23-18(26)13-30-19(27)11-10-17-14(2)24-25(3)20(17)22/h6-11H,4-5,12-13H2,1-3H3,(H,23,26)/b11-10+. The average Bonchev–Trinajstić information content (AvgIpc) is 2.96. The van der Waals surface area contributed by atoms with Gasteiger partial charge >= 0.3 is 11.9 Å². The van der Waals surface area contributed by atoms with E-state index in [0.29, 0.717) is 34.3 Å². The number of rotatable bonds is 9. The Balaban J connectivity index is 1.80.